The Labute approximate surface area is 171 Å². The van der Waals surface area contributed by atoms with Crippen LogP contribution >= 0.6 is 24.0 Å². The van der Waals surface area contributed by atoms with Crippen molar-refractivity contribution in [3.8, 4) is 5.75 Å². The normalized spacial score (nSPS) is 18.3. The van der Waals surface area contributed by atoms with Crippen LogP contribution in [0.15, 0.2) is 29.3 Å². The summed E-state index contributed by atoms with van der Waals surface area (Å²) < 4.78 is 29.5. The van der Waals surface area contributed by atoms with Crippen molar-refractivity contribution in [2.75, 3.05) is 26.7 Å². The molecule has 1 saturated heterocycles. The highest BCUT2D eigenvalue weighted by Gasteiger charge is 2.20. The van der Waals surface area contributed by atoms with Crippen molar-refractivity contribution in [2.45, 2.75) is 45.4 Å². The van der Waals surface area contributed by atoms with Crippen molar-refractivity contribution in [1.82, 2.24) is 15.5 Å². The van der Waals surface area contributed by atoms with Crippen LogP contribution in [0.1, 0.15) is 31.7 Å². The summed E-state index contributed by atoms with van der Waals surface area (Å²) in [5, 5.41) is 6.51. The Morgan fingerprint density at radius 3 is 2.77 bits per heavy atom. The molecule has 1 heterocycles. The van der Waals surface area contributed by atoms with Gasteiger partial charge in [0.15, 0.2) is 5.96 Å². The second-order valence-corrected chi connectivity index (χ2v) is 6.07. The molecular formula is C18H29F2IN4O. The number of ether oxygens (including phenoxy) is 1. The molecule has 1 aliphatic heterocycles. The first-order chi connectivity index (χ1) is 12.1. The maximum absolute atomic E-state index is 12.5. The predicted molar refractivity (Wildman–Crippen MR) is 112 cm³/mol. The smallest absolute Gasteiger partial charge is 0.387 e. The van der Waals surface area contributed by atoms with Crippen LogP contribution in [0.25, 0.3) is 0 Å². The summed E-state index contributed by atoms with van der Waals surface area (Å²) in [6.07, 6.45) is 3.70. The van der Waals surface area contributed by atoms with Gasteiger partial charge >= 0.3 is 6.61 Å². The van der Waals surface area contributed by atoms with Gasteiger partial charge in [-0.1, -0.05) is 31.5 Å². The van der Waals surface area contributed by atoms with Crippen molar-refractivity contribution >= 4 is 29.9 Å². The standard InChI is InChI=1S/C18H28F2N4O.HI/c1-3-24-11-7-6-9-15(24)13-23-18(21-2)22-12-14-8-4-5-10-16(14)25-17(19)20;/h4-5,8,10,15,17H,3,6-7,9,11-13H2,1-2H3,(H2,21,22,23);1H. The minimum atomic E-state index is -2.83. The van der Waals surface area contributed by atoms with Gasteiger partial charge in [0.1, 0.15) is 5.75 Å². The molecule has 1 fully saturated rings. The number of para-hydroxylation sites is 1. The highest BCUT2D eigenvalue weighted by Crippen LogP contribution is 2.20. The first-order valence-electron chi connectivity index (χ1n) is 8.85. The fourth-order valence-electron chi connectivity index (χ4n) is 3.18. The molecule has 1 atom stereocenters. The predicted octanol–water partition coefficient (Wildman–Crippen LogP) is 3.45. The molecule has 1 aliphatic rings. The van der Waals surface area contributed by atoms with E-state index in [1.807, 2.05) is 0 Å². The summed E-state index contributed by atoms with van der Waals surface area (Å²) in [4.78, 5) is 6.70. The largest absolute Gasteiger partial charge is 0.434 e. The van der Waals surface area contributed by atoms with Crippen molar-refractivity contribution in [2.24, 2.45) is 4.99 Å². The van der Waals surface area contributed by atoms with Crippen molar-refractivity contribution in [1.29, 1.82) is 0 Å². The number of likely N-dealkylation sites (N-methyl/N-ethyl adjacent to an activating group) is 1. The van der Waals surface area contributed by atoms with E-state index in [0.717, 1.165) is 19.6 Å². The fraction of sp³-hybridized carbons (Fsp3) is 0.611. The lowest BCUT2D eigenvalue weighted by atomic mass is 10.0. The number of hydrogen-bond donors (Lipinski definition) is 2. The second kappa shape index (κ2) is 12.3. The van der Waals surface area contributed by atoms with E-state index in [4.69, 9.17) is 0 Å². The molecule has 2 N–H and O–H groups in total. The topological polar surface area (TPSA) is 48.9 Å². The number of likely N-dealkylation sites (tertiary alicyclic amines) is 1. The number of piperidine rings is 1. The molecule has 0 aliphatic carbocycles. The van der Waals surface area contributed by atoms with Crippen molar-refractivity contribution < 1.29 is 13.5 Å². The van der Waals surface area contributed by atoms with Gasteiger partial charge in [-0.15, -0.1) is 24.0 Å². The lowest BCUT2D eigenvalue weighted by molar-refractivity contribution is -0.0504. The quantitative estimate of drug-likeness (QED) is 0.355. The van der Waals surface area contributed by atoms with E-state index >= 15 is 0 Å². The van der Waals surface area contributed by atoms with E-state index in [-0.39, 0.29) is 29.7 Å². The molecule has 8 heteroatoms. The molecule has 0 radical (unpaired) electrons. The van der Waals surface area contributed by atoms with Gasteiger partial charge in [-0.2, -0.15) is 8.78 Å². The number of nitrogens with zero attached hydrogens (tertiary/aromatic N) is 2. The first-order valence-corrected chi connectivity index (χ1v) is 8.85. The van der Waals surface area contributed by atoms with Crippen LogP contribution in [0.2, 0.25) is 0 Å². The number of rotatable bonds is 7. The van der Waals surface area contributed by atoms with E-state index in [9.17, 15) is 8.78 Å². The SMILES string of the molecule is CCN1CCCCC1CNC(=NC)NCc1ccccc1OC(F)F.I. The summed E-state index contributed by atoms with van der Waals surface area (Å²) in [6.45, 7) is 2.74. The summed E-state index contributed by atoms with van der Waals surface area (Å²) in [7, 11) is 1.70. The maximum atomic E-state index is 12.5. The Hall–Kier alpha value is -1.16. The number of aliphatic imine (C=N–C) groups is 1. The average molecular weight is 482 g/mol. The van der Waals surface area contributed by atoms with Gasteiger partial charge in [-0.3, -0.25) is 9.89 Å². The molecule has 0 aromatic heterocycles. The molecule has 148 valence electrons. The fourth-order valence-corrected chi connectivity index (χ4v) is 3.18. The second-order valence-electron chi connectivity index (χ2n) is 6.07. The van der Waals surface area contributed by atoms with E-state index < -0.39 is 6.61 Å². The van der Waals surface area contributed by atoms with Crippen LogP contribution in [0, 0.1) is 0 Å². The number of benzene rings is 1. The molecule has 5 nitrogen and oxygen atoms in total. The monoisotopic (exact) mass is 482 g/mol. The molecule has 26 heavy (non-hydrogen) atoms. The molecule has 1 aromatic rings. The van der Waals surface area contributed by atoms with E-state index in [0.29, 0.717) is 24.1 Å². The Balaban J connectivity index is 0.00000338. The summed E-state index contributed by atoms with van der Waals surface area (Å²) in [5.41, 5.74) is 0.665. The molecule has 0 amide bonds. The summed E-state index contributed by atoms with van der Waals surface area (Å²) >= 11 is 0. The van der Waals surface area contributed by atoms with Crippen LogP contribution in [-0.4, -0.2) is 50.2 Å². The summed E-state index contributed by atoms with van der Waals surface area (Å²) in [6, 6.07) is 7.29. The molecule has 1 aromatic carbocycles. The molecule has 0 bridgehead atoms. The Bertz CT molecular complexity index is 560. The van der Waals surface area contributed by atoms with E-state index in [1.54, 1.807) is 31.3 Å². The van der Waals surface area contributed by atoms with Crippen LogP contribution < -0.4 is 15.4 Å². The van der Waals surface area contributed by atoms with Crippen molar-refractivity contribution in [3.05, 3.63) is 29.8 Å². The number of hydrogen-bond acceptors (Lipinski definition) is 3. The van der Waals surface area contributed by atoms with Gasteiger partial charge in [0.05, 0.1) is 0 Å². The van der Waals surface area contributed by atoms with Gasteiger partial charge in [-0.25, -0.2) is 0 Å². The van der Waals surface area contributed by atoms with Crippen molar-refractivity contribution in [3.63, 3.8) is 0 Å². The van der Waals surface area contributed by atoms with Gasteiger partial charge in [0.2, 0.25) is 0 Å². The minimum absolute atomic E-state index is 0. The van der Waals surface area contributed by atoms with E-state index in [1.165, 1.54) is 19.3 Å². The van der Waals surface area contributed by atoms with Crippen LogP contribution in [-0.2, 0) is 6.54 Å². The molecule has 0 saturated carbocycles. The number of halogens is 3. The lowest BCUT2D eigenvalue weighted by Gasteiger charge is -2.35. The Morgan fingerprint density at radius 2 is 2.08 bits per heavy atom. The molecule has 0 spiro atoms. The zero-order valence-corrected chi connectivity index (χ0v) is 17.7. The van der Waals surface area contributed by atoms with E-state index in [2.05, 4.69) is 32.2 Å². The number of alkyl halides is 2. The number of nitrogens with one attached hydrogen (secondary N) is 2. The average Bonchev–Trinajstić information content (AvgIpc) is 2.63. The summed E-state index contributed by atoms with van der Waals surface area (Å²) in [5.74, 6) is 0.846. The zero-order valence-electron chi connectivity index (χ0n) is 15.4. The highest BCUT2D eigenvalue weighted by atomic mass is 127. The zero-order chi connectivity index (χ0) is 18.1. The lowest BCUT2D eigenvalue weighted by Crippen LogP contribution is -2.48. The van der Waals surface area contributed by atoms with Gasteiger partial charge in [0, 0.05) is 31.7 Å². The third kappa shape index (κ3) is 7.22. The Kier molecular flexibility index (Phi) is 10.8. The van der Waals surface area contributed by atoms with Gasteiger partial charge in [0.25, 0.3) is 0 Å². The highest BCUT2D eigenvalue weighted by molar-refractivity contribution is 14.0. The molecule has 2 rings (SSSR count). The molecular weight excluding hydrogens is 453 g/mol. The third-order valence-electron chi connectivity index (χ3n) is 4.52. The number of guanidine groups is 1. The molecule has 1 unspecified atom stereocenters. The third-order valence-corrected chi connectivity index (χ3v) is 4.52. The van der Waals surface area contributed by atoms with Crippen LogP contribution in [0.3, 0.4) is 0 Å². The maximum Gasteiger partial charge on any atom is 0.387 e. The minimum Gasteiger partial charge on any atom is -0.434 e. The van der Waals surface area contributed by atoms with Crippen LogP contribution in [0.5, 0.6) is 5.75 Å². The van der Waals surface area contributed by atoms with Crippen LogP contribution in [0.4, 0.5) is 8.78 Å². The van der Waals surface area contributed by atoms with Gasteiger partial charge in [-0.05, 0) is 32.0 Å². The van der Waals surface area contributed by atoms with Gasteiger partial charge < -0.3 is 15.4 Å². The first kappa shape index (κ1) is 22.9. The Morgan fingerprint density at radius 1 is 1.31 bits per heavy atom.